The molecule has 0 unspecified atom stereocenters. The molecule has 4 heteroatoms. The van der Waals surface area contributed by atoms with Gasteiger partial charge in [-0.2, -0.15) is 0 Å². The van der Waals surface area contributed by atoms with Gasteiger partial charge in [0.05, 0.1) is 6.61 Å². The molecule has 0 bridgehead atoms. The number of halogens is 1. The maximum absolute atomic E-state index is 5.84. The van der Waals surface area contributed by atoms with E-state index in [1.807, 2.05) is 25.1 Å². The molecule has 0 aliphatic heterocycles. The standard InChI is InChI=1S/C14H22BrNO2/c1-10(2)9-17-6-7-18-12-4-5-13(11(3)16)14(15)8-12/h4-5,8,10-11H,6-7,9,16H2,1-3H3/t11-/m0/s1. The van der Waals surface area contributed by atoms with E-state index in [0.717, 1.165) is 22.4 Å². The highest BCUT2D eigenvalue weighted by Crippen LogP contribution is 2.26. The van der Waals surface area contributed by atoms with E-state index in [0.29, 0.717) is 19.1 Å². The summed E-state index contributed by atoms with van der Waals surface area (Å²) >= 11 is 3.50. The molecule has 102 valence electrons. The minimum Gasteiger partial charge on any atom is -0.491 e. The zero-order valence-corrected chi connectivity index (χ0v) is 12.9. The van der Waals surface area contributed by atoms with E-state index in [4.69, 9.17) is 15.2 Å². The van der Waals surface area contributed by atoms with Crippen molar-refractivity contribution in [3.63, 3.8) is 0 Å². The fraction of sp³-hybridized carbons (Fsp3) is 0.571. The number of rotatable bonds is 7. The molecule has 1 atom stereocenters. The van der Waals surface area contributed by atoms with E-state index in [1.165, 1.54) is 0 Å². The normalized spacial score (nSPS) is 12.8. The SMILES string of the molecule is CC(C)COCCOc1ccc([C@H](C)N)c(Br)c1. The van der Waals surface area contributed by atoms with E-state index in [2.05, 4.69) is 29.8 Å². The molecule has 2 N–H and O–H groups in total. The van der Waals surface area contributed by atoms with Crippen LogP contribution in [0.25, 0.3) is 0 Å². The van der Waals surface area contributed by atoms with Crippen molar-refractivity contribution >= 4 is 15.9 Å². The van der Waals surface area contributed by atoms with Gasteiger partial charge >= 0.3 is 0 Å². The van der Waals surface area contributed by atoms with Crippen LogP contribution in [0.15, 0.2) is 22.7 Å². The third kappa shape index (κ3) is 5.38. The van der Waals surface area contributed by atoms with Crippen molar-refractivity contribution in [1.29, 1.82) is 0 Å². The lowest BCUT2D eigenvalue weighted by Crippen LogP contribution is -2.10. The lowest BCUT2D eigenvalue weighted by atomic mass is 10.1. The summed E-state index contributed by atoms with van der Waals surface area (Å²) < 4.78 is 12.0. The van der Waals surface area contributed by atoms with Gasteiger partial charge in [-0.3, -0.25) is 0 Å². The van der Waals surface area contributed by atoms with E-state index in [-0.39, 0.29) is 6.04 Å². The topological polar surface area (TPSA) is 44.5 Å². The van der Waals surface area contributed by atoms with Gasteiger partial charge in [-0.1, -0.05) is 35.8 Å². The molecule has 18 heavy (non-hydrogen) atoms. The molecule has 0 aromatic heterocycles. The van der Waals surface area contributed by atoms with Crippen LogP contribution in [0.1, 0.15) is 32.4 Å². The maximum Gasteiger partial charge on any atom is 0.120 e. The zero-order chi connectivity index (χ0) is 13.5. The summed E-state index contributed by atoms with van der Waals surface area (Å²) in [4.78, 5) is 0. The van der Waals surface area contributed by atoms with Crippen LogP contribution in [0.3, 0.4) is 0 Å². The molecule has 1 aromatic carbocycles. The number of benzene rings is 1. The quantitative estimate of drug-likeness (QED) is 0.783. The predicted molar refractivity (Wildman–Crippen MR) is 77.9 cm³/mol. The molecule has 0 saturated heterocycles. The Kier molecular flexibility index (Phi) is 6.68. The Balaban J connectivity index is 2.37. The minimum absolute atomic E-state index is 0.0165. The summed E-state index contributed by atoms with van der Waals surface area (Å²) in [5, 5.41) is 0. The third-order valence-corrected chi connectivity index (χ3v) is 3.10. The first-order valence-corrected chi connectivity index (χ1v) is 7.05. The number of hydrogen-bond acceptors (Lipinski definition) is 3. The first-order chi connectivity index (χ1) is 8.50. The first kappa shape index (κ1) is 15.5. The molecule has 0 radical (unpaired) electrons. The van der Waals surface area contributed by atoms with Gasteiger partial charge in [0.1, 0.15) is 12.4 Å². The van der Waals surface area contributed by atoms with Crippen molar-refractivity contribution in [2.45, 2.75) is 26.8 Å². The van der Waals surface area contributed by atoms with Crippen LogP contribution < -0.4 is 10.5 Å². The van der Waals surface area contributed by atoms with Crippen molar-refractivity contribution in [1.82, 2.24) is 0 Å². The van der Waals surface area contributed by atoms with E-state index >= 15 is 0 Å². The second kappa shape index (κ2) is 7.77. The molecule has 1 aromatic rings. The molecular formula is C14H22BrNO2. The van der Waals surface area contributed by atoms with Crippen molar-refractivity contribution in [3.8, 4) is 5.75 Å². The largest absolute Gasteiger partial charge is 0.491 e. The third-order valence-electron chi connectivity index (χ3n) is 2.41. The van der Waals surface area contributed by atoms with Crippen molar-refractivity contribution in [2.24, 2.45) is 11.7 Å². The Morgan fingerprint density at radius 2 is 1.94 bits per heavy atom. The summed E-state index contributed by atoms with van der Waals surface area (Å²) in [6.45, 7) is 8.17. The van der Waals surface area contributed by atoms with Gasteiger partial charge in [0.2, 0.25) is 0 Å². The van der Waals surface area contributed by atoms with Gasteiger partial charge in [0.25, 0.3) is 0 Å². The second-order valence-corrected chi connectivity index (χ2v) is 5.64. The molecule has 0 spiro atoms. The molecule has 3 nitrogen and oxygen atoms in total. The van der Waals surface area contributed by atoms with Crippen LogP contribution in [0, 0.1) is 5.92 Å². The van der Waals surface area contributed by atoms with Gasteiger partial charge in [0, 0.05) is 17.1 Å². The Bertz CT molecular complexity index is 367. The summed E-state index contributed by atoms with van der Waals surface area (Å²) in [5.74, 6) is 1.39. The predicted octanol–water partition coefficient (Wildman–Crippen LogP) is 3.52. The summed E-state index contributed by atoms with van der Waals surface area (Å²) in [6.07, 6.45) is 0. The lowest BCUT2D eigenvalue weighted by molar-refractivity contribution is 0.0819. The molecule has 0 heterocycles. The lowest BCUT2D eigenvalue weighted by Gasteiger charge is -2.12. The number of nitrogens with two attached hydrogens (primary N) is 1. The van der Waals surface area contributed by atoms with Crippen LogP contribution in [-0.4, -0.2) is 19.8 Å². The highest BCUT2D eigenvalue weighted by atomic mass is 79.9. The Morgan fingerprint density at radius 3 is 2.50 bits per heavy atom. The van der Waals surface area contributed by atoms with Crippen LogP contribution >= 0.6 is 15.9 Å². The highest BCUT2D eigenvalue weighted by Gasteiger charge is 2.06. The summed E-state index contributed by atoms with van der Waals surface area (Å²) in [5.41, 5.74) is 6.92. The molecule has 0 saturated carbocycles. The Hall–Kier alpha value is -0.580. The monoisotopic (exact) mass is 315 g/mol. The van der Waals surface area contributed by atoms with E-state index in [1.54, 1.807) is 0 Å². The van der Waals surface area contributed by atoms with E-state index in [9.17, 15) is 0 Å². The first-order valence-electron chi connectivity index (χ1n) is 6.26. The molecule has 0 aliphatic carbocycles. The van der Waals surface area contributed by atoms with Crippen LogP contribution in [-0.2, 0) is 4.74 Å². The summed E-state index contributed by atoms with van der Waals surface area (Å²) in [7, 11) is 0. The van der Waals surface area contributed by atoms with E-state index < -0.39 is 0 Å². The number of hydrogen-bond donors (Lipinski definition) is 1. The molecule has 1 rings (SSSR count). The van der Waals surface area contributed by atoms with Crippen LogP contribution in [0.5, 0.6) is 5.75 Å². The highest BCUT2D eigenvalue weighted by molar-refractivity contribution is 9.10. The Labute approximate surface area is 118 Å². The van der Waals surface area contributed by atoms with Crippen molar-refractivity contribution in [3.05, 3.63) is 28.2 Å². The van der Waals surface area contributed by atoms with Crippen molar-refractivity contribution in [2.75, 3.05) is 19.8 Å². The van der Waals surface area contributed by atoms with Gasteiger partial charge in [0.15, 0.2) is 0 Å². The number of ether oxygens (including phenoxy) is 2. The van der Waals surface area contributed by atoms with Crippen molar-refractivity contribution < 1.29 is 9.47 Å². The fourth-order valence-electron chi connectivity index (χ4n) is 1.50. The average molecular weight is 316 g/mol. The second-order valence-electron chi connectivity index (χ2n) is 4.79. The molecule has 0 fully saturated rings. The Morgan fingerprint density at radius 1 is 1.22 bits per heavy atom. The molecule has 0 amide bonds. The van der Waals surface area contributed by atoms with Gasteiger partial charge in [-0.15, -0.1) is 0 Å². The maximum atomic E-state index is 5.84. The smallest absolute Gasteiger partial charge is 0.120 e. The molecule has 0 aliphatic rings. The van der Waals surface area contributed by atoms with Crippen LogP contribution in [0.2, 0.25) is 0 Å². The summed E-state index contributed by atoms with van der Waals surface area (Å²) in [6, 6.07) is 5.88. The van der Waals surface area contributed by atoms with Gasteiger partial charge in [-0.05, 0) is 30.5 Å². The van der Waals surface area contributed by atoms with Gasteiger partial charge < -0.3 is 15.2 Å². The molecular weight excluding hydrogens is 294 g/mol. The minimum atomic E-state index is 0.0165. The fourth-order valence-corrected chi connectivity index (χ4v) is 2.22. The zero-order valence-electron chi connectivity index (χ0n) is 11.3. The van der Waals surface area contributed by atoms with Gasteiger partial charge in [-0.25, -0.2) is 0 Å². The van der Waals surface area contributed by atoms with Crippen LogP contribution in [0.4, 0.5) is 0 Å². The average Bonchev–Trinajstić information content (AvgIpc) is 2.27.